The molecule has 1 heterocycles. The summed E-state index contributed by atoms with van der Waals surface area (Å²) in [6.07, 6.45) is 1.67. The van der Waals surface area contributed by atoms with Crippen LogP contribution in [-0.4, -0.2) is 29.2 Å². The summed E-state index contributed by atoms with van der Waals surface area (Å²) in [5, 5.41) is 2.68. The number of aryl methyl sites for hydroxylation is 1. The van der Waals surface area contributed by atoms with Crippen molar-refractivity contribution in [3.63, 3.8) is 0 Å². The Hall–Kier alpha value is -3.16. The van der Waals surface area contributed by atoms with E-state index in [9.17, 15) is 13.6 Å². The number of halogens is 2. The van der Waals surface area contributed by atoms with Gasteiger partial charge in [-0.1, -0.05) is 0 Å². The lowest BCUT2D eigenvalue weighted by Gasteiger charge is -2.14. The summed E-state index contributed by atoms with van der Waals surface area (Å²) in [7, 11) is 3.00. The van der Waals surface area contributed by atoms with Gasteiger partial charge in [-0.15, -0.1) is 0 Å². The number of fused-ring (bicyclic) bond motifs is 1. The first-order chi connectivity index (χ1) is 13.0. The molecule has 27 heavy (non-hydrogen) atoms. The fourth-order valence-electron chi connectivity index (χ4n) is 2.93. The molecule has 0 spiro atoms. The SMILES string of the molecule is CCOc1ccc2ncn(C)c2c1CNC(=O)c1cc(F)c(OC)c(F)c1. The zero-order valence-corrected chi connectivity index (χ0v) is 15.2. The highest BCUT2D eigenvalue weighted by atomic mass is 19.1. The van der Waals surface area contributed by atoms with Crippen molar-refractivity contribution < 1.29 is 23.0 Å². The monoisotopic (exact) mass is 375 g/mol. The second-order valence-corrected chi connectivity index (χ2v) is 5.85. The average Bonchev–Trinajstić information content (AvgIpc) is 3.01. The van der Waals surface area contributed by atoms with Crippen molar-refractivity contribution in [2.45, 2.75) is 13.5 Å². The van der Waals surface area contributed by atoms with Gasteiger partial charge in [-0.2, -0.15) is 0 Å². The van der Waals surface area contributed by atoms with Crippen LogP contribution in [0.1, 0.15) is 22.8 Å². The fraction of sp³-hybridized carbons (Fsp3) is 0.263. The first kappa shape index (κ1) is 18.6. The van der Waals surface area contributed by atoms with Gasteiger partial charge in [0.05, 0.1) is 31.1 Å². The van der Waals surface area contributed by atoms with E-state index < -0.39 is 23.3 Å². The van der Waals surface area contributed by atoms with Crippen molar-refractivity contribution in [2.24, 2.45) is 7.05 Å². The molecule has 0 fully saturated rings. The Morgan fingerprint density at radius 2 is 1.96 bits per heavy atom. The van der Waals surface area contributed by atoms with Crippen LogP contribution in [0.4, 0.5) is 8.78 Å². The lowest BCUT2D eigenvalue weighted by Crippen LogP contribution is -2.24. The number of benzene rings is 2. The molecule has 1 aromatic heterocycles. The third-order valence-corrected chi connectivity index (χ3v) is 4.13. The molecule has 0 unspecified atom stereocenters. The topological polar surface area (TPSA) is 65.4 Å². The van der Waals surface area contributed by atoms with Crippen LogP contribution in [0.25, 0.3) is 11.0 Å². The Morgan fingerprint density at radius 3 is 2.59 bits per heavy atom. The van der Waals surface area contributed by atoms with Crippen LogP contribution in [0.5, 0.6) is 11.5 Å². The number of hydrogen-bond acceptors (Lipinski definition) is 4. The van der Waals surface area contributed by atoms with E-state index >= 15 is 0 Å². The van der Waals surface area contributed by atoms with E-state index in [1.165, 1.54) is 0 Å². The molecule has 3 aromatic rings. The number of carbonyl (C=O) groups excluding carboxylic acids is 1. The number of nitrogens with one attached hydrogen (secondary N) is 1. The van der Waals surface area contributed by atoms with Gasteiger partial charge in [0, 0.05) is 24.7 Å². The Balaban J connectivity index is 1.89. The molecule has 0 bridgehead atoms. The molecule has 0 aliphatic rings. The number of carbonyl (C=O) groups is 1. The van der Waals surface area contributed by atoms with Gasteiger partial charge in [0.15, 0.2) is 17.4 Å². The van der Waals surface area contributed by atoms with Crippen LogP contribution in [0.15, 0.2) is 30.6 Å². The second kappa shape index (κ2) is 7.61. The normalized spacial score (nSPS) is 10.9. The molecule has 3 rings (SSSR count). The molecule has 0 aliphatic heterocycles. The van der Waals surface area contributed by atoms with Gasteiger partial charge < -0.3 is 19.4 Å². The Bertz CT molecular complexity index is 978. The molecule has 0 saturated heterocycles. The van der Waals surface area contributed by atoms with E-state index in [0.717, 1.165) is 35.8 Å². The van der Waals surface area contributed by atoms with Crippen LogP contribution in [0, 0.1) is 11.6 Å². The van der Waals surface area contributed by atoms with E-state index in [1.54, 1.807) is 12.4 Å². The summed E-state index contributed by atoms with van der Waals surface area (Å²) in [6.45, 7) is 2.43. The smallest absolute Gasteiger partial charge is 0.251 e. The van der Waals surface area contributed by atoms with Crippen molar-refractivity contribution in [3.05, 3.63) is 53.4 Å². The second-order valence-electron chi connectivity index (χ2n) is 5.85. The van der Waals surface area contributed by atoms with E-state index in [2.05, 4.69) is 15.0 Å². The first-order valence-electron chi connectivity index (χ1n) is 8.33. The standard InChI is InChI=1S/C19H19F2N3O3/c1-4-27-16-6-5-15-17(24(2)10-23-15)12(16)9-22-19(25)11-7-13(20)18(26-3)14(21)8-11/h5-8,10H,4,9H2,1-3H3,(H,22,25). The maximum absolute atomic E-state index is 13.8. The zero-order chi connectivity index (χ0) is 19.6. The number of ether oxygens (including phenoxy) is 2. The van der Waals surface area contributed by atoms with E-state index in [1.807, 2.05) is 24.6 Å². The highest BCUT2D eigenvalue weighted by Crippen LogP contribution is 2.28. The third kappa shape index (κ3) is 3.55. The van der Waals surface area contributed by atoms with Crippen molar-refractivity contribution in [3.8, 4) is 11.5 Å². The quantitative estimate of drug-likeness (QED) is 0.719. The van der Waals surface area contributed by atoms with Crippen molar-refractivity contribution in [2.75, 3.05) is 13.7 Å². The van der Waals surface area contributed by atoms with E-state index in [-0.39, 0.29) is 12.1 Å². The summed E-state index contributed by atoms with van der Waals surface area (Å²) in [6, 6.07) is 5.49. The van der Waals surface area contributed by atoms with E-state index in [4.69, 9.17) is 4.74 Å². The maximum atomic E-state index is 13.8. The molecule has 2 aromatic carbocycles. The number of imidazole rings is 1. The molecule has 0 atom stereocenters. The number of aromatic nitrogens is 2. The molecule has 0 radical (unpaired) electrons. The molecule has 0 aliphatic carbocycles. The van der Waals surface area contributed by atoms with Crippen molar-refractivity contribution in [1.82, 2.24) is 14.9 Å². The van der Waals surface area contributed by atoms with Crippen LogP contribution in [0.3, 0.4) is 0 Å². The summed E-state index contributed by atoms with van der Waals surface area (Å²) >= 11 is 0. The van der Waals surface area contributed by atoms with Gasteiger partial charge in [-0.3, -0.25) is 4.79 Å². The lowest BCUT2D eigenvalue weighted by atomic mass is 10.1. The molecular weight excluding hydrogens is 356 g/mol. The van der Waals surface area contributed by atoms with Crippen molar-refractivity contribution >= 4 is 16.9 Å². The summed E-state index contributed by atoms with van der Waals surface area (Å²) < 4.78 is 39.8. The minimum atomic E-state index is -0.939. The molecule has 1 amide bonds. The van der Waals surface area contributed by atoms with Gasteiger partial charge in [-0.05, 0) is 31.2 Å². The van der Waals surface area contributed by atoms with Gasteiger partial charge in [0.1, 0.15) is 5.75 Å². The van der Waals surface area contributed by atoms with E-state index in [0.29, 0.717) is 12.4 Å². The number of amides is 1. The fourth-order valence-corrected chi connectivity index (χ4v) is 2.93. The van der Waals surface area contributed by atoms with Crippen LogP contribution < -0.4 is 14.8 Å². The predicted octanol–water partition coefficient (Wildman–Crippen LogP) is 3.19. The van der Waals surface area contributed by atoms with Gasteiger partial charge >= 0.3 is 0 Å². The molecule has 6 nitrogen and oxygen atoms in total. The number of methoxy groups -OCH3 is 1. The van der Waals surface area contributed by atoms with Gasteiger partial charge in [-0.25, -0.2) is 13.8 Å². The van der Waals surface area contributed by atoms with Gasteiger partial charge in [0.25, 0.3) is 5.91 Å². The minimum Gasteiger partial charge on any atom is -0.493 e. The predicted molar refractivity (Wildman–Crippen MR) is 96.0 cm³/mol. The molecule has 142 valence electrons. The highest BCUT2D eigenvalue weighted by Gasteiger charge is 2.18. The number of nitrogens with zero attached hydrogens (tertiary/aromatic N) is 2. The lowest BCUT2D eigenvalue weighted by molar-refractivity contribution is 0.0949. The molecular formula is C19H19F2N3O3. The van der Waals surface area contributed by atoms with Crippen LogP contribution >= 0.6 is 0 Å². The Labute approximate surface area is 154 Å². The Morgan fingerprint density at radius 1 is 1.26 bits per heavy atom. The summed E-state index contributed by atoms with van der Waals surface area (Å²) in [5.41, 5.74) is 2.16. The first-order valence-corrected chi connectivity index (χ1v) is 8.33. The molecule has 0 saturated carbocycles. The highest BCUT2D eigenvalue weighted by molar-refractivity contribution is 5.94. The minimum absolute atomic E-state index is 0.111. The summed E-state index contributed by atoms with van der Waals surface area (Å²) in [5.74, 6) is -2.40. The maximum Gasteiger partial charge on any atom is 0.251 e. The summed E-state index contributed by atoms with van der Waals surface area (Å²) in [4.78, 5) is 16.7. The van der Waals surface area contributed by atoms with Crippen LogP contribution in [0.2, 0.25) is 0 Å². The molecule has 1 N–H and O–H groups in total. The molecule has 8 heteroatoms. The zero-order valence-electron chi connectivity index (χ0n) is 15.2. The Kier molecular flexibility index (Phi) is 5.25. The number of hydrogen-bond donors (Lipinski definition) is 1. The number of rotatable bonds is 6. The third-order valence-electron chi connectivity index (χ3n) is 4.13. The average molecular weight is 375 g/mol. The largest absolute Gasteiger partial charge is 0.493 e. The van der Waals surface area contributed by atoms with Gasteiger partial charge in [0.2, 0.25) is 0 Å². The van der Waals surface area contributed by atoms with Crippen molar-refractivity contribution in [1.29, 1.82) is 0 Å². The van der Waals surface area contributed by atoms with Crippen LogP contribution in [-0.2, 0) is 13.6 Å².